The van der Waals surface area contributed by atoms with Crippen LogP contribution in [0.25, 0.3) is 0 Å². The van der Waals surface area contributed by atoms with Crippen LogP contribution in [0.4, 0.5) is 0 Å². The Bertz CT molecular complexity index is 924. The highest BCUT2D eigenvalue weighted by molar-refractivity contribution is 6.32. The summed E-state index contributed by atoms with van der Waals surface area (Å²) in [7, 11) is 0. The zero-order valence-electron chi connectivity index (χ0n) is 16.8. The Morgan fingerprint density at radius 1 is 1.10 bits per heavy atom. The molecule has 2 aromatic carbocycles. The van der Waals surface area contributed by atoms with Gasteiger partial charge in [0.25, 0.3) is 0 Å². The lowest BCUT2D eigenvalue weighted by atomic mass is 9.89. The molecule has 2 aromatic rings. The zero-order valence-corrected chi connectivity index (χ0v) is 17.5. The second-order valence-electron chi connectivity index (χ2n) is 8.69. The minimum Gasteiger partial charge on any atom is -0.493 e. The fourth-order valence-corrected chi connectivity index (χ4v) is 4.95. The fourth-order valence-electron chi connectivity index (χ4n) is 4.65. The van der Waals surface area contributed by atoms with Crippen LogP contribution >= 0.6 is 11.6 Å². The Hall–Kier alpha value is -1.63. The third-order valence-electron chi connectivity index (χ3n) is 6.49. The summed E-state index contributed by atoms with van der Waals surface area (Å²) in [6.45, 7) is 0.313. The topological polar surface area (TPSA) is 79.2 Å². The van der Waals surface area contributed by atoms with Gasteiger partial charge in [-0.1, -0.05) is 35.9 Å². The number of benzene rings is 2. The maximum atomic E-state index is 10.6. The van der Waals surface area contributed by atoms with Crippen LogP contribution in [-0.4, -0.2) is 46.8 Å². The maximum absolute atomic E-state index is 10.6. The molecule has 0 aromatic heterocycles. The lowest BCUT2D eigenvalue weighted by Crippen LogP contribution is -2.44. The van der Waals surface area contributed by atoms with E-state index < -0.39 is 24.4 Å². The highest BCUT2D eigenvalue weighted by Gasteiger charge is 2.40. The Morgan fingerprint density at radius 2 is 1.87 bits per heavy atom. The van der Waals surface area contributed by atoms with Gasteiger partial charge < -0.3 is 24.8 Å². The lowest BCUT2D eigenvalue weighted by molar-refractivity contribution is -0.180. The number of rotatable bonds is 5. The van der Waals surface area contributed by atoms with Gasteiger partial charge in [-0.2, -0.15) is 0 Å². The number of aliphatic hydroxyl groups is 3. The highest BCUT2D eigenvalue weighted by atomic mass is 35.5. The van der Waals surface area contributed by atoms with Crippen LogP contribution in [0.2, 0.25) is 5.02 Å². The van der Waals surface area contributed by atoms with E-state index in [2.05, 4.69) is 24.3 Å². The molecular formula is C24H27ClO5. The van der Waals surface area contributed by atoms with Crippen molar-refractivity contribution in [2.45, 2.75) is 62.4 Å². The van der Waals surface area contributed by atoms with Crippen LogP contribution in [0, 0.1) is 0 Å². The van der Waals surface area contributed by atoms with Crippen molar-refractivity contribution in [2.24, 2.45) is 0 Å². The fraction of sp³-hybridized carbons (Fsp3) is 0.500. The van der Waals surface area contributed by atoms with Crippen molar-refractivity contribution in [2.75, 3.05) is 13.2 Å². The predicted octanol–water partition coefficient (Wildman–Crippen LogP) is 3.29. The van der Waals surface area contributed by atoms with E-state index in [0.29, 0.717) is 35.8 Å². The van der Waals surface area contributed by atoms with Crippen LogP contribution in [0.3, 0.4) is 0 Å². The van der Waals surface area contributed by atoms with Gasteiger partial charge in [0.2, 0.25) is 0 Å². The van der Waals surface area contributed by atoms with Gasteiger partial charge in [-0.05, 0) is 47.9 Å². The summed E-state index contributed by atoms with van der Waals surface area (Å²) < 4.78 is 11.8. The predicted molar refractivity (Wildman–Crippen MR) is 113 cm³/mol. The minimum atomic E-state index is -1.09. The zero-order chi connectivity index (χ0) is 20.8. The first-order valence-electron chi connectivity index (χ1n) is 10.7. The number of aliphatic hydroxyl groups excluding tert-OH is 3. The molecule has 6 heteroatoms. The van der Waals surface area contributed by atoms with E-state index in [0.717, 1.165) is 17.0 Å². The molecule has 5 rings (SSSR count). The Morgan fingerprint density at radius 3 is 2.57 bits per heavy atom. The molecule has 2 heterocycles. The van der Waals surface area contributed by atoms with Crippen molar-refractivity contribution >= 4 is 11.6 Å². The van der Waals surface area contributed by atoms with Crippen LogP contribution in [0.5, 0.6) is 5.75 Å². The molecule has 0 radical (unpaired) electrons. The molecule has 3 N–H and O–H groups in total. The third kappa shape index (κ3) is 3.74. The van der Waals surface area contributed by atoms with Crippen molar-refractivity contribution in [1.82, 2.24) is 0 Å². The van der Waals surface area contributed by atoms with Gasteiger partial charge in [-0.15, -0.1) is 0 Å². The van der Waals surface area contributed by atoms with Crippen LogP contribution in [0.1, 0.15) is 59.1 Å². The molecule has 1 saturated heterocycles. The van der Waals surface area contributed by atoms with E-state index in [1.807, 2.05) is 6.07 Å². The summed E-state index contributed by atoms with van der Waals surface area (Å²) in [6, 6.07) is 10.7. The average Bonchev–Trinajstić information content (AvgIpc) is 3.49. The van der Waals surface area contributed by atoms with Gasteiger partial charge in [0.05, 0.1) is 30.4 Å². The Kier molecular flexibility index (Phi) is 5.50. The second-order valence-corrected chi connectivity index (χ2v) is 9.07. The van der Waals surface area contributed by atoms with Gasteiger partial charge in [0.1, 0.15) is 18.0 Å². The normalized spacial score (nSPS) is 28.3. The largest absolute Gasteiger partial charge is 0.493 e. The van der Waals surface area contributed by atoms with E-state index in [1.54, 1.807) is 0 Å². The molecule has 160 valence electrons. The average molecular weight is 431 g/mol. The standard InChI is InChI=1S/C24H27ClO5/c25-21-16(9-13-1-3-14(4-2-13)15-5-6-15)10-19(23-18(21)7-8-29-23)24-22(28)20(27)11-17(12-26)30-24/h1-4,10,15,17,20,22,24,26-28H,5-9,11-12H2/t17?,20?,22-,24?/m1/s1. The molecule has 5 nitrogen and oxygen atoms in total. The number of ether oxygens (including phenoxy) is 2. The Labute approximate surface area is 181 Å². The summed E-state index contributed by atoms with van der Waals surface area (Å²) in [6.07, 6.45) is 0.771. The molecule has 2 aliphatic heterocycles. The van der Waals surface area contributed by atoms with Crippen LogP contribution in [-0.2, 0) is 17.6 Å². The van der Waals surface area contributed by atoms with E-state index >= 15 is 0 Å². The van der Waals surface area contributed by atoms with Crippen molar-refractivity contribution in [3.05, 3.63) is 63.2 Å². The number of hydrogen-bond acceptors (Lipinski definition) is 5. The van der Waals surface area contributed by atoms with E-state index in [1.165, 1.54) is 24.0 Å². The van der Waals surface area contributed by atoms with Gasteiger partial charge in [0.15, 0.2) is 0 Å². The Balaban J connectivity index is 1.49. The summed E-state index contributed by atoms with van der Waals surface area (Å²) in [5.74, 6) is 1.37. The SMILES string of the molecule is OCC1CC(O)[C@@H](O)C(c2cc(Cc3ccc(C4CC4)cc3)c(Cl)c3c2OCC3)O1. The molecule has 0 spiro atoms. The van der Waals surface area contributed by atoms with Crippen molar-refractivity contribution in [1.29, 1.82) is 0 Å². The van der Waals surface area contributed by atoms with Crippen LogP contribution < -0.4 is 4.74 Å². The maximum Gasteiger partial charge on any atom is 0.130 e. The molecule has 30 heavy (non-hydrogen) atoms. The molecule has 1 saturated carbocycles. The van der Waals surface area contributed by atoms with E-state index in [9.17, 15) is 15.3 Å². The molecule has 0 amide bonds. The first-order chi connectivity index (χ1) is 14.5. The van der Waals surface area contributed by atoms with Crippen molar-refractivity contribution in [3.8, 4) is 5.75 Å². The van der Waals surface area contributed by atoms with Gasteiger partial charge >= 0.3 is 0 Å². The summed E-state index contributed by atoms with van der Waals surface area (Å²) in [5, 5.41) is 31.2. The quantitative estimate of drug-likeness (QED) is 0.678. The molecule has 3 unspecified atom stereocenters. The van der Waals surface area contributed by atoms with Gasteiger partial charge in [0, 0.05) is 24.0 Å². The second kappa shape index (κ2) is 8.13. The van der Waals surface area contributed by atoms with Crippen LogP contribution in [0.15, 0.2) is 30.3 Å². The van der Waals surface area contributed by atoms with Crippen molar-refractivity contribution < 1.29 is 24.8 Å². The molecule has 2 fully saturated rings. The molecule has 4 atom stereocenters. The molecule has 0 bridgehead atoms. The summed E-state index contributed by atoms with van der Waals surface area (Å²) in [4.78, 5) is 0. The lowest BCUT2D eigenvalue weighted by Gasteiger charge is -2.37. The first-order valence-corrected chi connectivity index (χ1v) is 11.1. The highest BCUT2D eigenvalue weighted by Crippen LogP contribution is 2.45. The number of hydrogen-bond donors (Lipinski definition) is 3. The van der Waals surface area contributed by atoms with E-state index in [-0.39, 0.29) is 13.0 Å². The smallest absolute Gasteiger partial charge is 0.130 e. The van der Waals surface area contributed by atoms with Crippen molar-refractivity contribution in [3.63, 3.8) is 0 Å². The monoisotopic (exact) mass is 430 g/mol. The van der Waals surface area contributed by atoms with Gasteiger partial charge in [-0.25, -0.2) is 0 Å². The molecule has 3 aliphatic rings. The first kappa shape index (κ1) is 20.3. The summed E-state index contributed by atoms with van der Waals surface area (Å²) >= 11 is 6.76. The molecule has 1 aliphatic carbocycles. The molecular weight excluding hydrogens is 404 g/mol. The minimum absolute atomic E-state index is 0.199. The number of fused-ring (bicyclic) bond motifs is 1. The van der Waals surface area contributed by atoms with Gasteiger partial charge in [-0.3, -0.25) is 0 Å². The third-order valence-corrected chi connectivity index (χ3v) is 6.96. The number of halogens is 1. The van der Waals surface area contributed by atoms with E-state index in [4.69, 9.17) is 21.1 Å². The summed E-state index contributed by atoms with van der Waals surface area (Å²) in [5.41, 5.74) is 5.14.